The van der Waals surface area contributed by atoms with Crippen LogP contribution in [0, 0.1) is 11.2 Å². The van der Waals surface area contributed by atoms with Gasteiger partial charge in [0.05, 0.1) is 5.56 Å². The molecule has 1 saturated carbocycles. The molecule has 4 atom stereocenters. The third-order valence-corrected chi connectivity index (χ3v) is 7.74. The first-order chi connectivity index (χ1) is 14.5. The Balaban J connectivity index is 1.43. The molecular weight excluding hydrogens is 377 g/mol. The third-order valence-electron chi connectivity index (χ3n) is 7.74. The van der Waals surface area contributed by atoms with Crippen LogP contribution < -0.4 is 0 Å². The van der Waals surface area contributed by atoms with Gasteiger partial charge >= 0.3 is 0 Å². The van der Waals surface area contributed by atoms with Crippen molar-refractivity contribution in [2.45, 2.75) is 63.6 Å². The average molecular weight is 408 g/mol. The molecule has 5 rings (SSSR count). The van der Waals surface area contributed by atoms with Gasteiger partial charge in [0.15, 0.2) is 0 Å². The normalized spacial score (nSPS) is 30.9. The van der Waals surface area contributed by atoms with Gasteiger partial charge in [-0.15, -0.1) is 0 Å². The van der Waals surface area contributed by atoms with Crippen LogP contribution in [0.2, 0.25) is 0 Å². The lowest BCUT2D eigenvalue weighted by Crippen LogP contribution is -2.51. The first-order valence-electron chi connectivity index (χ1n) is 11.2. The Morgan fingerprint density at radius 2 is 1.97 bits per heavy atom. The number of hydrogen-bond donors (Lipinski definition) is 0. The highest BCUT2D eigenvalue weighted by atomic mass is 19.1. The van der Waals surface area contributed by atoms with Crippen molar-refractivity contribution in [1.82, 2.24) is 14.8 Å². The van der Waals surface area contributed by atoms with E-state index in [0.29, 0.717) is 24.1 Å². The summed E-state index contributed by atoms with van der Waals surface area (Å²) < 4.78 is 13.5. The van der Waals surface area contributed by atoms with Gasteiger partial charge < -0.3 is 9.80 Å². The molecule has 1 aromatic carbocycles. The quantitative estimate of drug-likeness (QED) is 0.762. The molecule has 0 spiro atoms. The summed E-state index contributed by atoms with van der Waals surface area (Å²) in [4.78, 5) is 22.8. The van der Waals surface area contributed by atoms with E-state index in [2.05, 4.69) is 28.8 Å². The summed E-state index contributed by atoms with van der Waals surface area (Å²) in [6.07, 6.45) is 9.93. The molecule has 3 heterocycles. The van der Waals surface area contributed by atoms with Crippen LogP contribution in [-0.2, 0) is 6.42 Å². The number of rotatable bonds is 3. The van der Waals surface area contributed by atoms with E-state index in [-0.39, 0.29) is 23.2 Å². The fourth-order valence-corrected chi connectivity index (χ4v) is 6.52. The lowest BCUT2D eigenvalue weighted by atomic mass is 9.71. The number of aromatic nitrogens is 1. The van der Waals surface area contributed by atoms with E-state index in [1.165, 1.54) is 25.3 Å². The highest BCUT2D eigenvalue weighted by Gasteiger charge is 2.59. The van der Waals surface area contributed by atoms with E-state index in [0.717, 1.165) is 30.5 Å². The summed E-state index contributed by atoms with van der Waals surface area (Å²) in [6.45, 7) is 3.36. The summed E-state index contributed by atoms with van der Waals surface area (Å²) in [7, 11) is 2.23. The molecular formula is C25H30FN3O. The second kappa shape index (κ2) is 7.45. The van der Waals surface area contributed by atoms with Crippen molar-refractivity contribution in [3.05, 3.63) is 65.2 Å². The van der Waals surface area contributed by atoms with E-state index in [4.69, 9.17) is 0 Å². The van der Waals surface area contributed by atoms with Crippen LogP contribution in [0.15, 0.2) is 42.7 Å². The highest BCUT2D eigenvalue weighted by Crippen LogP contribution is 2.53. The van der Waals surface area contributed by atoms with Crippen molar-refractivity contribution in [2.75, 3.05) is 13.6 Å². The number of benzene rings is 1. The van der Waals surface area contributed by atoms with Crippen LogP contribution in [0.5, 0.6) is 0 Å². The number of fused-ring (bicyclic) bond motifs is 1. The molecule has 0 radical (unpaired) electrons. The van der Waals surface area contributed by atoms with Gasteiger partial charge in [0.2, 0.25) is 0 Å². The topological polar surface area (TPSA) is 36.4 Å². The van der Waals surface area contributed by atoms with Crippen LogP contribution in [0.3, 0.4) is 0 Å². The number of likely N-dealkylation sites (tertiary alicyclic amines) is 2. The SMILES string of the molecule is CN1C[C@@H]2C[C@@]3(C)[C@H](CCCC[C@@H]13)N2C(=O)c1cncc(Cc2cccc(F)c2)c1. The Morgan fingerprint density at radius 1 is 1.17 bits per heavy atom. The Morgan fingerprint density at radius 3 is 2.77 bits per heavy atom. The zero-order valence-electron chi connectivity index (χ0n) is 17.9. The minimum atomic E-state index is -0.239. The number of hydrogen-bond acceptors (Lipinski definition) is 3. The van der Waals surface area contributed by atoms with E-state index in [9.17, 15) is 9.18 Å². The maximum absolute atomic E-state index is 13.7. The van der Waals surface area contributed by atoms with E-state index < -0.39 is 0 Å². The molecule has 3 aliphatic rings. The molecule has 1 amide bonds. The van der Waals surface area contributed by atoms with Gasteiger partial charge in [-0.3, -0.25) is 9.78 Å². The molecule has 3 fully saturated rings. The van der Waals surface area contributed by atoms with Gasteiger partial charge in [-0.2, -0.15) is 0 Å². The third kappa shape index (κ3) is 3.24. The first kappa shape index (κ1) is 19.7. The van der Waals surface area contributed by atoms with Gasteiger partial charge in [0.1, 0.15) is 5.82 Å². The second-order valence-electron chi connectivity index (χ2n) is 9.72. The summed E-state index contributed by atoms with van der Waals surface area (Å²) >= 11 is 0. The molecule has 158 valence electrons. The maximum atomic E-state index is 13.7. The lowest BCUT2D eigenvalue weighted by molar-refractivity contribution is 0.0577. The van der Waals surface area contributed by atoms with Crippen molar-refractivity contribution in [3.8, 4) is 0 Å². The number of piperidine rings is 1. The van der Waals surface area contributed by atoms with Crippen LogP contribution in [-0.4, -0.2) is 52.4 Å². The maximum Gasteiger partial charge on any atom is 0.255 e. The van der Waals surface area contributed by atoms with Crippen molar-refractivity contribution in [2.24, 2.45) is 5.41 Å². The van der Waals surface area contributed by atoms with Crippen molar-refractivity contribution >= 4 is 5.91 Å². The predicted octanol–water partition coefficient (Wildman–Crippen LogP) is 4.29. The van der Waals surface area contributed by atoms with Crippen molar-refractivity contribution < 1.29 is 9.18 Å². The number of amides is 1. The Hall–Kier alpha value is -2.27. The number of pyridine rings is 1. The smallest absolute Gasteiger partial charge is 0.255 e. The predicted molar refractivity (Wildman–Crippen MR) is 115 cm³/mol. The monoisotopic (exact) mass is 407 g/mol. The van der Waals surface area contributed by atoms with E-state index in [1.807, 2.05) is 12.1 Å². The minimum absolute atomic E-state index is 0.110. The molecule has 5 heteroatoms. The molecule has 4 nitrogen and oxygen atoms in total. The number of carbonyl (C=O) groups is 1. The van der Waals surface area contributed by atoms with Crippen LogP contribution in [0.25, 0.3) is 0 Å². The van der Waals surface area contributed by atoms with Crippen LogP contribution in [0.1, 0.15) is 60.5 Å². The molecule has 0 unspecified atom stereocenters. The molecule has 30 heavy (non-hydrogen) atoms. The summed E-state index contributed by atoms with van der Waals surface area (Å²) in [5.41, 5.74) is 2.66. The number of nitrogens with zero attached hydrogens (tertiary/aromatic N) is 3. The summed E-state index contributed by atoms with van der Waals surface area (Å²) in [6, 6.07) is 9.71. The lowest BCUT2D eigenvalue weighted by Gasteiger charge is -2.44. The number of carbonyl (C=O) groups excluding carboxylic acids is 1. The van der Waals surface area contributed by atoms with Gasteiger partial charge in [0, 0.05) is 42.5 Å². The van der Waals surface area contributed by atoms with Crippen LogP contribution >= 0.6 is 0 Å². The molecule has 2 aromatic rings. The van der Waals surface area contributed by atoms with Gasteiger partial charge in [-0.25, -0.2) is 4.39 Å². The Bertz CT molecular complexity index is 963. The minimum Gasteiger partial charge on any atom is -0.331 e. The van der Waals surface area contributed by atoms with E-state index in [1.54, 1.807) is 24.5 Å². The van der Waals surface area contributed by atoms with Gasteiger partial charge in [-0.1, -0.05) is 31.9 Å². The summed E-state index contributed by atoms with van der Waals surface area (Å²) in [5, 5.41) is 0. The molecule has 2 bridgehead atoms. The molecule has 2 aliphatic heterocycles. The fraction of sp³-hybridized carbons (Fsp3) is 0.520. The standard InChI is InChI=1S/C25H30FN3O/c1-25-13-21-16-28(2)22(25)8-3-4-9-23(25)29(21)24(30)19-11-18(14-27-15-19)10-17-6-5-7-20(26)12-17/h5-7,11-12,14-15,21-23H,3-4,8-10,13,16H2,1-2H3/t21-,22+,23-,25+/m0/s1. The van der Waals surface area contributed by atoms with Gasteiger partial charge in [-0.05, 0) is 62.1 Å². The fourth-order valence-electron chi connectivity index (χ4n) is 6.52. The Kier molecular flexibility index (Phi) is 4.89. The van der Waals surface area contributed by atoms with Crippen LogP contribution in [0.4, 0.5) is 4.39 Å². The highest BCUT2D eigenvalue weighted by molar-refractivity contribution is 5.95. The molecule has 1 aromatic heterocycles. The van der Waals surface area contributed by atoms with E-state index >= 15 is 0 Å². The largest absolute Gasteiger partial charge is 0.331 e. The van der Waals surface area contributed by atoms with Gasteiger partial charge in [0.25, 0.3) is 5.91 Å². The zero-order chi connectivity index (χ0) is 20.9. The average Bonchev–Trinajstić information content (AvgIpc) is 2.82. The summed E-state index contributed by atoms with van der Waals surface area (Å²) in [5.74, 6) is -0.129. The van der Waals surface area contributed by atoms with Crippen molar-refractivity contribution in [3.63, 3.8) is 0 Å². The van der Waals surface area contributed by atoms with Crippen molar-refractivity contribution in [1.29, 1.82) is 0 Å². The molecule has 0 N–H and O–H groups in total. The second-order valence-corrected chi connectivity index (χ2v) is 9.72. The first-order valence-corrected chi connectivity index (χ1v) is 11.2. The number of halogens is 1. The Labute approximate surface area is 178 Å². The zero-order valence-corrected chi connectivity index (χ0v) is 17.9. The molecule has 1 aliphatic carbocycles. The molecule has 2 saturated heterocycles. The number of likely N-dealkylation sites (N-methyl/N-ethyl adjacent to an activating group) is 1.